The fourth-order valence-corrected chi connectivity index (χ4v) is 3.63. The van der Waals surface area contributed by atoms with Gasteiger partial charge in [0.05, 0.1) is 19.6 Å². The maximum atomic E-state index is 13.0. The van der Waals surface area contributed by atoms with Crippen LogP contribution in [0.5, 0.6) is 5.75 Å². The molecule has 1 amide bonds. The highest BCUT2D eigenvalue weighted by Crippen LogP contribution is 2.31. The smallest absolute Gasteiger partial charge is 0.305 e. The number of carboxylic acids is 1. The van der Waals surface area contributed by atoms with Crippen LogP contribution in [0.25, 0.3) is 11.3 Å². The number of pyridine rings is 1. The number of hydrogen-bond acceptors (Lipinski definition) is 4. The van der Waals surface area contributed by atoms with Crippen molar-refractivity contribution in [1.82, 2.24) is 10.3 Å². The van der Waals surface area contributed by atoms with Crippen LogP contribution >= 0.6 is 0 Å². The Morgan fingerprint density at radius 1 is 1.03 bits per heavy atom. The molecule has 0 spiro atoms. The Hall–Kier alpha value is -3.67. The highest BCUT2D eigenvalue weighted by Gasteiger charge is 2.22. The number of nitrogens with zero attached hydrogens (tertiary/aromatic N) is 1. The van der Waals surface area contributed by atoms with Crippen molar-refractivity contribution in [1.29, 1.82) is 0 Å². The topological polar surface area (TPSA) is 88.5 Å². The van der Waals surface area contributed by atoms with E-state index in [1.807, 2.05) is 63.2 Å². The van der Waals surface area contributed by atoms with E-state index < -0.39 is 17.9 Å². The molecule has 0 radical (unpaired) electrons. The molecule has 0 bridgehead atoms. The minimum absolute atomic E-state index is 0.194. The van der Waals surface area contributed by atoms with E-state index in [4.69, 9.17) is 4.74 Å². The van der Waals surface area contributed by atoms with Gasteiger partial charge >= 0.3 is 5.97 Å². The van der Waals surface area contributed by atoms with Gasteiger partial charge in [-0.2, -0.15) is 0 Å². The van der Waals surface area contributed by atoms with Gasteiger partial charge in [0, 0.05) is 5.56 Å². The summed E-state index contributed by atoms with van der Waals surface area (Å²) in [6.07, 6.45) is -0.226. The highest BCUT2D eigenvalue weighted by atomic mass is 16.5. The predicted molar refractivity (Wildman–Crippen MR) is 119 cm³/mol. The van der Waals surface area contributed by atoms with Gasteiger partial charge in [-0.05, 0) is 49.6 Å². The molecule has 3 aromatic rings. The monoisotopic (exact) mass is 418 g/mol. The third kappa shape index (κ3) is 5.09. The molecule has 3 rings (SSSR count). The Morgan fingerprint density at radius 2 is 1.77 bits per heavy atom. The third-order valence-electron chi connectivity index (χ3n) is 5.20. The van der Waals surface area contributed by atoms with E-state index in [0.29, 0.717) is 11.4 Å². The second-order valence-corrected chi connectivity index (χ2v) is 7.55. The lowest BCUT2D eigenvalue weighted by atomic mass is 9.98. The highest BCUT2D eigenvalue weighted by molar-refractivity contribution is 5.94. The Balaban J connectivity index is 1.97. The molecule has 2 aromatic carbocycles. The van der Waals surface area contributed by atoms with E-state index in [0.717, 1.165) is 27.8 Å². The summed E-state index contributed by atoms with van der Waals surface area (Å²) in [6, 6.07) is 16.0. The number of ether oxygens (including phenoxy) is 1. The summed E-state index contributed by atoms with van der Waals surface area (Å²) >= 11 is 0. The predicted octanol–water partition coefficient (Wildman–Crippen LogP) is 4.63. The molecule has 0 saturated carbocycles. The number of amides is 1. The number of carbonyl (C=O) groups excluding carboxylic acids is 1. The van der Waals surface area contributed by atoms with Crippen molar-refractivity contribution < 1.29 is 19.4 Å². The molecule has 0 unspecified atom stereocenters. The van der Waals surface area contributed by atoms with Crippen molar-refractivity contribution in [3.05, 3.63) is 82.5 Å². The second-order valence-electron chi connectivity index (χ2n) is 7.55. The fourth-order valence-electron chi connectivity index (χ4n) is 3.63. The Kier molecular flexibility index (Phi) is 6.70. The maximum Gasteiger partial charge on any atom is 0.305 e. The zero-order chi connectivity index (χ0) is 22.5. The van der Waals surface area contributed by atoms with Crippen molar-refractivity contribution in [2.75, 3.05) is 7.11 Å². The van der Waals surface area contributed by atoms with Crippen LogP contribution in [0.2, 0.25) is 0 Å². The van der Waals surface area contributed by atoms with E-state index in [2.05, 4.69) is 10.3 Å². The van der Waals surface area contributed by atoms with Gasteiger partial charge in [0.1, 0.15) is 17.1 Å². The summed E-state index contributed by atoms with van der Waals surface area (Å²) in [6.45, 7) is 5.89. The first-order valence-corrected chi connectivity index (χ1v) is 10.0. The van der Waals surface area contributed by atoms with E-state index in [9.17, 15) is 14.7 Å². The molecule has 1 aromatic heterocycles. The molecule has 0 aliphatic carbocycles. The first-order chi connectivity index (χ1) is 14.8. The number of nitrogens with one attached hydrogen (secondary N) is 1. The van der Waals surface area contributed by atoms with E-state index in [1.165, 1.54) is 0 Å². The number of methoxy groups -OCH3 is 1. The number of rotatable bonds is 7. The van der Waals surface area contributed by atoms with Crippen LogP contribution in [0.1, 0.15) is 45.2 Å². The van der Waals surface area contributed by atoms with Crippen LogP contribution in [0, 0.1) is 20.8 Å². The van der Waals surface area contributed by atoms with Crippen LogP contribution in [-0.2, 0) is 4.79 Å². The Bertz CT molecular complexity index is 1120. The zero-order valence-electron chi connectivity index (χ0n) is 18.1. The van der Waals surface area contributed by atoms with Crippen molar-refractivity contribution in [2.24, 2.45) is 0 Å². The molecule has 31 heavy (non-hydrogen) atoms. The molecule has 0 saturated heterocycles. The molecule has 0 fully saturated rings. The van der Waals surface area contributed by atoms with Crippen LogP contribution in [0.15, 0.2) is 54.6 Å². The van der Waals surface area contributed by atoms with Gasteiger partial charge in [-0.1, -0.05) is 48.0 Å². The first kappa shape index (κ1) is 22.0. The molecule has 0 aliphatic rings. The van der Waals surface area contributed by atoms with Gasteiger partial charge < -0.3 is 15.2 Å². The lowest BCUT2D eigenvalue weighted by Gasteiger charge is -2.20. The first-order valence-electron chi connectivity index (χ1n) is 10.0. The van der Waals surface area contributed by atoms with Gasteiger partial charge in [-0.25, -0.2) is 4.98 Å². The number of carboxylic acid groups (broad SMARTS) is 1. The summed E-state index contributed by atoms with van der Waals surface area (Å²) in [5, 5.41) is 12.2. The molecular formula is C25H26N2O4. The minimum Gasteiger partial charge on any atom is -0.494 e. The van der Waals surface area contributed by atoms with Crippen molar-refractivity contribution in [3.8, 4) is 17.0 Å². The zero-order valence-corrected chi connectivity index (χ0v) is 18.1. The summed E-state index contributed by atoms with van der Waals surface area (Å²) in [4.78, 5) is 29.0. The quantitative estimate of drug-likeness (QED) is 0.584. The normalized spacial score (nSPS) is 11.6. The van der Waals surface area contributed by atoms with Gasteiger partial charge in [-0.15, -0.1) is 0 Å². The molecule has 6 nitrogen and oxygen atoms in total. The summed E-state index contributed by atoms with van der Waals surface area (Å²) in [5.74, 6) is -0.875. The van der Waals surface area contributed by atoms with E-state index in [-0.39, 0.29) is 12.1 Å². The van der Waals surface area contributed by atoms with E-state index >= 15 is 0 Å². The van der Waals surface area contributed by atoms with Gasteiger partial charge in [-0.3, -0.25) is 9.59 Å². The van der Waals surface area contributed by atoms with Crippen molar-refractivity contribution in [2.45, 2.75) is 33.2 Å². The molecule has 1 atom stereocenters. The van der Waals surface area contributed by atoms with Gasteiger partial charge in [0.2, 0.25) is 0 Å². The molecule has 2 N–H and O–H groups in total. The number of hydrogen-bond donors (Lipinski definition) is 2. The number of aliphatic carboxylic acids is 1. The number of aromatic nitrogens is 1. The van der Waals surface area contributed by atoms with Crippen LogP contribution < -0.4 is 10.1 Å². The molecule has 0 aliphatic heterocycles. The molecule has 1 heterocycles. The molecular weight excluding hydrogens is 392 g/mol. The van der Waals surface area contributed by atoms with Crippen molar-refractivity contribution in [3.63, 3.8) is 0 Å². The van der Waals surface area contributed by atoms with Crippen molar-refractivity contribution >= 4 is 11.9 Å². The number of carbonyl (C=O) groups is 2. The summed E-state index contributed by atoms with van der Waals surface area (Å²) < 4.78 is 5.47. The van der Waals surface area contributed by atoms with Crippen LogP contribution in [0.3, 0.4) is 0 Å². The van der Waals surface area contributed by atoms with Crippen LogP contribution in [0.4, 0.5) is 0 Å². The summed E-state index contributed by atoms with van der Waals surface area (Å²) in [7, 11) is 1.56. The number of benzene rings is 2. The van der Waals surface area contributed by atoms with E-state index in [1.54, 1.807) is 19.2 Å². The molecule has 6 heteroatoms. The van der Waals surface area contributed by atoms with Gasteiger partial charge in [0.25, 0.3) is 5.91 Å². The average Bonchev–Trinajstić information content (AvgIpc) is 2.73. The fraction of sp³-hybridized carbons (Fsp3) is 0.240. The Labute approximate surface area is 181 Å². The SMILES string of the molecule is COc1ccc(C(=O)N[C@@H](CC(=O)O)c2ccccc2C)nc1-c1ccc(C)cc1C. The van der Waals surface area contributed by atoms with Gasteiger partial charge in [0.15, 0.2) is 0 Å². The number of aryl methyl sites for hydroxylation is 3. The Morgan fingerprint density at radius 3 is 2.42 bits per heavy atom. The minimum atomic E-state index is -0.993. The molecule has 160 valence electrons. The maximum absolute atomic E-state index is 13.0. The standard InChI is InChI=1S/C25H26N2O4/c1-15-9-10-19(17(3)13-15)24-22(31-4)12-11-20(26-24)25(30)27-21(14-23(28)29)18-8-6-5-7-16(18)2/h5-13,21H,14H2,1-4H3,(H,27,30)(H,28,29)/t21-/m0/s1. The lowest BCUT2D eigenvalue weighted by Crippen LogP contribution is -2.31. The third-order valence-corrected chi connectivity index (χ3v) is 5.20. The second kappa shape index (κ2) is 9.43. The van der Waals surface area contributed by atoms with Crippen LogP contribution in [-0.4, -0.2) is 29.1 Å². The average molecular weight is 418 g/mol. The summed E-state index contributed by atoms with van der Waals surface area (Å²) in [5.41, 5.74) is 5.46. The lowest BCUT2D eigenvalue weighted by molar-refractivity contribution is -0.137. The largest absolute Gasteiger partial charge is 0.494 e.